The minimum absolute atomic E-state index is 0.0323. The SMILES string of the molecule is CCOC(=O)c1c(NS(=O)(=O)CC(=O)OC)c[nH]c1C. The molecule has 0 bridgehead atoms. The monoisotopic (exact) mass is 304 g/mol. The summed E-state index contributed by atoms with van der Waals surface area (Å²) in [5, 5.41) is 0. The van der Waals surface area contributed by atoms with Crippen LogP contribution in [0, 0.1) is 6.92 Å². The second kappa shape index (κ2) is 6.42. The lowest BCUT2D eigenvalue weighted by Crippen LogP contribution is -2.24. The van der Waals surface area contributed by atoms with Crippen LogP contribution in [0.4, 0.5) is 5.69 Å². The molecule has 0 aliphatic rings. The first kappa shape index (κ1) is 16.0. The number of sulfonamides is 1. The summed E-state index contributed by atoms with van der Waals surface area (Å²) in [5.74, 6) is -2.39. The van der Waals surface area contributed by atoms with Crippen LogP contribution in [-0.2, 0) is 24.3 Å². The van der Waals surface area contributed by atoms with E-state index in [1.165, 1.54) is 6.20 Å². The first-order valence-corrected chi connectivity index (χ1v) is 7.38. The Morgan fingerprint density at radius 2 is 2.05 bits per heavy atom. The molecule has 0 atom stereocenters. The van der Waals surface area contributed by atoms with Crippen LogP contribution in [0.3, 0.4) is 0 Å². The average Bonchev–Trinajstić information content (AvgIpc) is 2.69. The quantitative estimate of drug-likeness (QED) is 0.736. The van der Waals surface area contributed by atoms with Crippen molar-refractivity contribution in [3.05, 3.63) is 17.5 Å². The van der Waals surface area contributed by atoms with E-state index in [1.54, 1.807) is 13.8 Å². The third-order valence-electron chi connectivity index (χ3n) is 2.36. The standard InChI is InChI=1S/C11H16N2O6S/c1-4-19-11(15)10-7(2)12-5-8(10)13-20(16,17)6-9(14)18-3/h5,12-13H,4,6H2,1-3H3. The van der Waals surface area contributed by atoms with Crippen molar-refractivity contribution in [2.75, 3.05) is 24.2 Å². The lowest BCUT2D eigenvalue weighted by molar-refractivity contribution is -0.137. The van der Waals surface area contributed by atoms with Gasteiger partial charge in [-0.3, -0.25) is 9.52 Å². The van der Waals surface area contributed by atoms with Crippen molar-refractivity contribution in [1.29, 1.82) is 0 Å². The number of carbonyl (C=O) groups is 2. The second-order valence-corrected chi connectivity index (χ2v) is 5.58. The molecule has 0 aromatic carbocycles. The second-order valence-electron chi connectivity index (χ2n) is 3.86. The van der Waals surface area contributed by atoms with Crippen molar-refractivity contribution in [3.8, 4) is 0 Å². The molecule has 0 saturated heterocycles. The summed E-state index contributed by atoms with van der Waals surface area (Å²) in [6.07, 6.45) is 1.32. The Morgan fingerprint density at radius 3 is 2.60 bits per heavy atom. The number of carbonyl (C=O) groups excluding carboxylic acids is 2. The largest absolute Gasteiger partial charge is 0.468 e. The summed E-state index contributed by atoms with van der Waals surface area (Å²) >= 11 is 0. The van der Waals surface area contributed by atoms with Gasteiger partial charge in [-0.2, -0.15) is 0 Å². The fraction of sp³-hybridized carbons (Fsp3) is 0.455. The molecule has 0 aliphatic heterocycles. The summed E-state index contributed by atoms with van der Waals surface area (Å²) in [6.45, 7) is 3.41. The molecule has 1 aromatic rings. The maximum Gasteiger partial charge on any atom is 0.342 e. The van der Waals surface area contributed by atoms with Gasteiger partial charge in [-0.1, -0.05) is 0 Å². The number of ether oxygens (including phenoxy) is 2. The zero-order valence-corrected chi connectivity index (χ0v) is 12.2. The van der Waals surface area contributed by atoms with Gasteiger partial charge in [0, 0.05) is 11.9 Å². The van der Waals surface area contributed by atoms with Crippen molar-refractivity contribution < 1.29 is 27.5 Å². The van der Waals surface area contributed by atoms with Gasteiger partial charge in [-0.05, 0) is 13.8 Å². The van der Waals surface area contributed by atoms with Crippen LogP contribution in [0.2, 0.25) is 0 Å². The molecule has 1 rings (SSSR count). The van der Waals surface area contributed by atoms with E-state index in [1.807, 2.05) is 0 Å². The zero-order chi connectivity index (χ0) is 15.3. The van der Waals surface area contributed by atoms with E-state index in [0.29, 0.717) is 5.69 Å². The Balaban J connectivity index is 2.99. The molecule has 0 radical (unpaired) electrons. The average molecular weight is 304 g/mol. The van der Waals surface area contributed by atoms with E-state index in [4.69, 9.17) is 4.74 Å². The fourth-order valence-electron chi connectivity index (χ4n) is 1.49. The van der Waals surface area contributed by atoms with E-state index in [0.717, 1.165) is 7.11 Å². The molecule has 2 N–H and O–H groups in total. The van der Waals surface area contributed by atoms with Gasteiger partial charge < -0.3 is 14.5 Å². The fourth-order valence-corrected chi connectivity index (χ4v) is 2.49. The normalized spacial score (nSPS) is 10.9. The molecule has 8 nitrogen and oxygen atoms in total. The molecule has 0 aliphatic carbocycles. The van der Waals surface area contributed by atoms with Crippen molar-refractivity contribution in [3.63, 3.8) is 0 Å². The van der Waals surface area contributed by atoms with E-state index in [2.05, 4.69) is 14.4 Å². The molecule has 0 unspecified atom stereocenters. The number of methoxy groups -OCH3 is 1. The molecular weight excluding hydrogens is 288 g/mol. The van der Waals surface area contributed by atoms with Crippen LogP contribution in [0.5, 0.6) is 0 Å². The number of hydrogen-bond acceptors (Lipinski definition) is 6. The Morgan fingerprint density at radius 1 is 1.40 bits per heavy atom. The third kappa shape index (κ3) is 3.98. The van der Waals surface area contributed by atoms with Crippen LogP contribution < -0.4 is 4.72 Å². The molecular formula is C11H16N2O6S. The topological polar surface area (TPSA) is 115 Å². The third-order valence-corrected chi connectivity index (χ3v) is 3.50. The predicted molar refractivity (Wildman–Crippen MR) is 70.9 cm³/mol. The molecule has 1 heterocycles. The van der Waals surface area contributed by atoms with E-state index >= 15 is 0 Å². The number of nitrogens with one attached hydrogen (secondary N) is 2. The number of aromatic amines is 1. The van der Waals surface area contributed by atoms with Gasteiger partial charge >= 0.3 is 11.9 Å². The van der Waals surface area contributed by atoms with Crippen molar-refractivity contribution in [1.82, 2.24) is 4.98 Å². The Bertz CT molecular complexity index is 604. The van der Waals surface area contributed by atoms with Crippen LogP contribution >= 0.6 is 0 Å². The molecule has 9 heteroatoms. The maximum atomic E-state index is 11.7. The summed E-state index contributed by atoms with van der Waals surface area (Å²) in [7, 11) is -2.87. The molecule has 112 valence electrons. The van der Waals surface area contributed by atoms with Crippen LogP contribution in [0.25, 0.3) is 0 Å². The molecule has 20 heavy (non-hydrogen) atoms. The maximum absolute atomic E-state index is 11.7. The van der Waals surface area contributed by atoms with Gasteiger partial charge in [-0.15, -0.1) is 0 Å². The van der Waals surface area contributed by atoms with Crippen molar-refractivity contribution in [2.45, 2.75) is 13.8 Å². The molecule has 0 saturated carbocycles. The van der Waals surface area contributed by atoms with Crippen molar-refractivity contribution >= 4 is 27.6 Å². The van der Waals surface area contributed by atoms with E-state index < -0.39 is 27.7 Å². The van der Waals surface area contributed by atoms with Crippen LogP contribution in [0.15, 0.2) is 6.20 Å². The number of rotatable bonds is 6. The minimum atomic E-state index is -3.96. The predicted octanol–water partition coefficient (Wildman–Crippen LogP) is 0.415. The lowest BCUT2D eigenvalue weighted by Gasteiger charge is -2.08. The minimum Gasteiger partial charge on any atom is -0.468 e. The Labute approximate surface area is 116 Å². The van der Waals surface area contributed by atoms with Gasteiger partial charge in [0.15, 0.2) is 5.75 Å². The number of aromatic nitrogens is 1. The van der Waals surface area contributed by atoms with E-state index in [-0.39, 0.29) is 17.9 Å². The molecule has 0 spiro atoms. The van der Waals surface area contributed by atoms with Crippen molar-refractivity contribution in [2.24, 2.45) is 0 Å². The van der Waals surface area contributed by atoms with Crippen LogP contribution in [-0.4, -0.2) is 44.8 Å². The first-order valence-electron chi connectivity index (χ1n) is 5.73. The number of aryl methyl sites for hydroxylation is 1. The summed E-state index contributed by atoms with van der Waals surface area (Å²) in [6, 6.07) is 0. The smallest absolute Gasteiger partial charge is 0.342 e. The first-order chi connectivity index (χ1) is 9.30. The highest BCUT2D eigenvalue weighted by molar-refractivity contribution is 7.93. The highest BCUT2D eigenvalue weighted by Crippen LogP contribution is 2.21. The number of hydrogen-bond donors (Lipinski definition) is 2. The van der Waals surface area contributed by atoms with Gasteiger partial charge in [0.1, 0.15) is 5.56 Å². The van der Waals surface area contributed by atoms with E-state index in [9.17, 15) is 18.0 Å². The van der Waals surface area contributed by atoms with Gasteiger partial charge in [0.05, 0.1) is 19.4 Å². The molecule has 1 aromatic heterocycles. The summed E-state index contributed by atoms with van der Waals surface area (Å²) in [4.78, 5) is 25.5. The van der Waals surface area contributed by atoms with Gasteiger partial charge in [-0.25, -0.2) is 13.2 Å². The molecule has 0 fully saturated rings. The van der Waals surface area contributed by atoms with Crippen LogP contribution in [0.1, 0.15) is 23.0 Å². The summed E-state index contributed by atoms with van der Waals surface area (Å²) in [5.41, 5.74) is 0.573. The van der Waals surface area contributed by atoms with Gasteiger partial charge in [0.25, 0.3) is 0 Å². The van der Waals surface area contributed by atoms with Gasteiger partial charge in [0.2, 0.25) is 10.0 Å². The summed E-state index contributed by atoms with van der Waals surface area (Å²) < 4.78 is 34.7. The number of esters is 2. The Kier molecular flexibility index (Phi) is 5.14. The number of H-pyrrole nitrogens is 1. The highest BCUT2D eigenvalue weighted by atomic mass is 32.2. The zero-order valence-electron chi connectivity index (χ0n) is 11.3. The number of anilines is 1. The lowest BCUT2D eigenvalue weighted by atomic mass is 10.2. The molecule has 0 amide bonds. The Hall–Kier alpha value is -2.03. The highest BCUT2D eigenvalue weighted by Gasteiger charge is 2.23.